The fraction of sp³-hybridized carbons (Fsp3) is 0.364. The molecule has 0 unspecified atom stereocenters. The van der Waals surface area contributed by atoms with Gasteiger partial charge in [0.05, 0.1) is 12.6 Å². The molecule has 17 heavy (non-hydrogen) atoms. The van der Waals surface area contributed by atoms with Gasteiger partial charge in [-0.15, -0.1) is 0 Å². The Hall–Kier alpha value is -1.42. The van der Waals surface area contributed by atoms with E-state index in [0.29, 0.717) is 19.6 Å². The lowest BCUT2D eigenvalue weighted by molar-refractivity contribution is 0.169. The first-order valence-electron chi connectivity index (χ1n) is 5.36. The summed E-state index contributed by atoms with van der Waals surface area (Å²) in [6.07, 6.45) is 0. The topological polar surface area (TPSA) is 67.5 Å². The van der Waals surface area contributed by atoms with Gasteiger partial charge in [0.1, 0.15) is 5.82 Å². The Bertz CT molecular complexity index is 455. The molecule has 0 saturated carbocycles. The number of halogens is 1. The van der Waals surface area contributed by atoms with Crippen molar-refractivity contribution < 1.29 is 14.4 Å². The summed E-state index contributed by atoms with van der Waals surface area (Å²) in [6.45, 7) is 1.79. The molecule has 88 valence electrons. The van der Waals surface area contributed by atoms with Crippen LogP contribution in [0, 0.1) is 17.1 Å². The highest BCUT2D eigenvalue weighted by Crippen LogP contribution is 2.26. The maximum Gasteiger partial charge on any atom is 0.488 e. The van der Waals surface area contributed by atoms with E-state index in [2.05, 4.69) is 6.07 Å². The second kappa shape index (κ2) is 4.84. The molecule has 0 aliphatic carbocycles. The smallest absolute Gasteiger partial charge is 0.423 e. The van der Waals surface area contributed by atoms with Crippen molar-refractivity contribution in [1.29, 1.82) is 5.26 Å². The molecule has 0 radical (unpaired) electrons. The van der Waals surface area contributed by atoms with E-state index in [-0.39, 0.29) is 11.4 Å². The maximum atomic E-state index is 13.3. The van der Waals surface area contributed by atoms with Crippen LogP contribution in [-0.4, -0.2) is 41.7 Å². The Labute approximate surface area is 99.0 Å². The van der Waals surface area contributed by atoms with Crippen LogP contribution in [0.4, 0.5) is 4.39 Å². The number of nitriles is 1. The van der Waals surface area contributed by atoms with Crippen LogP contribution in [0.15, 0.2) is 18.2 Å². The van der Waals surface area contributed by atoms with Gasteiger partial charge in [0.15, 0.2) is 0 Å². The average molecular weight is 234 g/mol. The Kier molecular flexibility index (Phi) is 3.43. The van der Waals surface area contributed by atoms with E-state index in [1.807, 2.05) is 4.90 Å². The summed E-state index contributed by atoms with van der Waals surface area (Å²) in [6, 6.07) is 6.17. The van der Waals surface area contributed by atoms with Crippen LogP contribution in [0.25, 0.3) is 0 Å². The van der Waals surface area contributed by atoms with Crippen LogP contribution in [0.1, 0.15) is 11.5 Å². The lowest BCUT2D eigenvalue weighted by atomic mass is 9.77. The van der Waals surface area contributed by atoms with Gasteiger partial charge in [-0.3, -0.25) is 4.90 Å². The Balaban J connectivity index is 2.10. The van der Waals surface area contributed by atoms with Crippen molar-refractivity contribution in [3.05, 3.63) is 29.6 Å². The fourth-order valence-electron chi connectivity index (χ4n) is 2.03. The van der Waals surface area contributed by atoms with E-state index >= 15 is 0 Å². The molecule has 1 saturated heterocycles. The Morgan fingerprint density at radius 1 is 1.41 bits per heavy atom. The SMILES string of the molecule is N#CCN1CC(c2cc(F)cc(B(O)O)c2)C1. The summed E-state index contributed by atoms with van der Waals surface area (Å²) < 4.78 is 13.3. The quantitative estimate of drug-likeness (QED) is 0.542. The number of benzene rings is 1. The van der Waals surface area contributed by atoms with Crippen molar-refractivity contribution in [3.63, 3.8) is 0 Å². The predicted molar refractivity (Wildman–Crippen MR) is 61.0 cm³/mol. The molecule has 2 rings (SSSR count). The maximum absolute atomic E-state index is 13.3. The van der Waals surface area contributed by atoms with E-state index in [1.165, 1.54) is 6.07 Å². The van der Waals surface area contributed by atoms with Crippen LogP contribution >= 0.6 is 0 Å². The zero-order valence-corrected chi connectivity index (χ0v) is 9.17. The number of hydrogen-bond acceptors (Lipinski definition) is 4. The van der Waals surface area contributed by atoms with Crippen molar-refractivity contribution >= 4 is 12.6 Å². The average Bonchev–Trinajstić information content (AvgIpc) is 2.21. The standard InChI is InChI=1S/C11H12BFN2O2/c13-11-4-8(3-10(5-11)12(16)17)9-6-15(7-9)2-1-14/h3-5,9,16-17H,2,6-7H2. The summed E-state index contributed by atoms with van der Waals surface area (Å²) in [5.41, 5.74) is 0.918. The lowest BCUT2D eigenvalue weighted by Gasteiger charge is -2.38. The van der Waals surface area contributed by atoms with Gasteiger partial charge in [0, 0.05) is 19.0 Å². The van der Waals surface area contributed by atoms with Crippen molar-refractivity contribution in [2.24, 2.45) is 0 Å². The van der Waals surface area contributed by atoms with Crippen molar-refractivity contribution in [1.82, 2.24) is 4.90 Å². The summed E-state index contributed by atoms with van der Waals surface area (Å²) in [4.78, 5) is 1.95. The van der Waals surface area contributed by atoms with Crippen molar-refractivity contribution in [3.8, 4) is 6.07 Å². The third-order valence-corrected chi connectivity index (χ3v) is 2.96. The van der Waals surface area contributed by atoms with Crippen molar-refractivity contribution in [2.75, 3.05) is 19.6 Å². The van der Waals surface area contributed by atoms with E-state index in [4.69, 9.17) is 15.3 Å². The third-order valence-electron chi connectivity index (χ3n) is 2.96. The zero-order chi connectivity index (χ0) is 12.4. The highest BCUT2D eigenvalue weighted by molar-refractivity contribution is 6.58. The highest BCUT2D eigenvalue weighted by Gasteiger charge is 2.28. The molecule has 2 N–H and O–H groups in total. The number of hydrogen-bond donors (Lipinski definition) is 2. The molecule has 0 spiro atoms. The van der Waals surface area contributed by atoms with Gasteiger partial charge in [-0.05, 0) is 23.2 Å². The molecular weight excluding hydrogens is 222 g/mol. The van der Waals surface area contributed by atoms with Gasteiger partial charge < -0.3 is 10.0 Å². The number of nitrogens with zero attached hydrogens (tertiary/aromatic N) is 2. The summed E-state index contributed by atoms with van der Waals surface area (Å²) in [5.74, 6) is -0.305. The van der Waals surface area contributed by atoms with Crippen LogP contribution < -0.4 is 5.46 Å². The van der Waals surface area contributed by atoms with Gasteiger partial charge in [-0.1, -0.05) is 6.07 Å². The largest absolute Gasteiger partial charge is 0.488 e. The molecular formula is C11H12BFN2O2. The molecule has 0 aromatic heterocycles. The van der Waals surface area contributed by atoms with Gasteiger partial charge in [-0.25, -0.2) is 4.39 Å². The Morgan fingerprint density at radius 2 is 2.12 bits per heavy atom. The molecule has 1 aromatic carbocycles. The molecule has 1 aliphatic heterocycles. The minimum atomic E-state index is -1.65. The monoisotopic (exact) mass is 234 g/mol. The molecule has 1 aliphatic rings. The van der Waals surface area contributed by atoms with E-state index < -0.39 is 12.9 Å². The number of likely N-dealkylation sites (tertiary alicyclic amines) is 1. The molecule has 1 heterocycles. The lowest BCUT2D eigenvalue weighted by Crippen LogP contribution is -2.45. The summed E-state index contributed by atoms with van der Waals surface area (Å²) >= 11 is 0. The van der Waals surface area contributed by atoms with Crippen LogP contribution in [0.2, 0.25) is 0 Å². The summed E-state index contributed by atoms with van der Waals surface area (Å²) in [5, 5.41) is 26.5. The molecule has 0 amide bonds. The number of rotatable bonds is 3. The first-order chi connectivity index (χ1) is 8.10. The van der Waals surface area contributed by atoms with Crippen LogP contribution in [-0.2, 0) is 0 Å². The molecule has 0 atom stereocenters. The van der Waals surface area contributed by atoms with E-state index in [1.54, 1.807) is 6.07 Å². The van der Waals surface area contributed by atoms with Crippen LogP contribution in [0.3, 0.4) is 0 Å². The molecule has 1 aromatic rings. The summed E-state index contributed by atoms with van der Waals surface area (Å²) in [7, 11) is -1.65. The molecule has 4 nitrogen and oxygen atoms in total. The molecule has 6 heteroatoms. The van der Waals surface area contributed by atoms with Gasteiger partial charge in [0.25, 0.3) is 0 Å². The zero-order valence-electron chi connectivity index (χ0n) is 9.17. The normalized spacial score (nSPS) is 16.4. The molecule has 0 bridgehead atoms. The minimum Gasteiger partial charge on any atom is -0.423 e. The fourth-order valence-corrected chi connectivity index (χ4v) is 2.03. The van der Waals surface area contributed by atoms with Gasteiger partial charge >= 0.3 is 7.12 Å². The third kappa shape index (κ3) is 2.64. The second-order valence-electron chi connectivity index (χ2n) is 4.24. The Morgan fingerprint density at radius 3 is 2.71 bits per heavy atom. The van der Waals surface area contributed by atoms with E-state index in [0.717, 1.165) is 11.6 Å². The first-order valence-corrected chi connectivity index (χ1v) is 5.36. The van der Waals surface area contributed by atoms with Crippen molar-refractivity contribution in [2.45, 2.75) is 5.92 Å². The first kappa shape index (κ1) is 12.1. The van der Waals surface area contributed by atoms with E-state index in [9.17, 15) is 4.39 Å². The predicted octanol–water partition coefficient (Wildman–Crippen LogP) is -0.572. The highest BCUT2D eigenvalue weighted by atomic mass is 19.1. The van der Waals surface area contributed by atoms with Gasteiger partial charge in [-0.2, -0.15) is 5.26 Å². The van der Waals surface area contributed by atoms with Crippen LogP contribution in [0.5, 0.6) is 0 Å². The van der Waals surface area contributed by atoms with Gasteiger partial charge in [0.2, 0.25) is 0 Å². The molecule has 1 fully saturated rings. The minimum absolute atomic E-state index is 0.163. The second-order valence-corrected chi connectivity index (χ2v) is 4.24.